The first-order valence-electron chi connectivity index (χ1n) is 7.31. The second kappa shape index (κ2) is 5.99. The fourth-order valence-electron chi connectivity index (χ4n) is 2.88. The molecule has 20 heavy (non-hydrogen) atoms. The van der Waals surface area contributed by atoms with Crippen LogP contribution in [0.4, 0.5) is 0 Å². The summed E-state index contributed by atoms with van der Waals surface area (Å²) in [4.78, 5) is 0. The molecule has 0 aromatic heterocycles. The van der Waals surface area contributed by atoms with Gasteiger partial charge in [-0.15, -0.1) is 0 Å². The Labute approximate surface area is 126 Å². The van der Waals surface area contributed by atoms with Crippen LogP contribution in [-0.4, -0.2) is 7.05 Å². The zero-order valence-corrected chi connectivity index (χ0v) is 12.6. The molecule has 1 N–H and O–H groups in total. The Morgan fingerprint density at radius 3 is 2.70 bits per heavy atom. The summed E-state index contributed by atoms with van der Waals surface area (Å²) in [6.45, 7) is 0.837. The Hall–Kier alpha value is -1.31. The van der Waals surface area contributed by atoms with Crippen molar-refractivity contribution < 1.29 is 0 Å². The van der Waals surface area contributed by atoms with Crippen LogP contribution in [0, 0.1) is 0 Å². The Bertz CT molecular complexity index is 602. The van der Waals surface area contributed by atoms with Crippen LogP contribution in [0.1, 0.15) is 36.3 Å². The van der Waals surface area contributed by atoms with E-state index < -0.39 is 0 Å². The quantitative estimate of drug-likeness (QED) is 0.834. The van der Waals surface area contributed by atoms with Crippen LogP contribution in [-0.2, 0) is 6.54 Å². The molecule has 2 aromatic carbocycles. The number of rotatable bonds is 4. The summed E-state index contributed by atoms with van der Waals surface area (Å²) in [5.41, 5.74) is 5.33. The highest BCUT2D eigenvalue weighted by Crippen LogP contribution is 2.38. The molecule has 3 rings (SSSR count). The lowest BCUT2D eigenvalue weighted by molar-refractivity contribution is 0.420. The lowest BCUT2D eigenvalue weighted by Crippen LogP contribution is -2.09. The van der Waals surface area contributed by atoms with Gasteiger partial charge in [-0.25, -0.2) is 0 Å². The minimum atomic E-state index is 0.773. The van der Waals surface area contributed by atoms with E-state index in [1.807, 2.05) is 13.1 Å². The first-order chi connectivity index (χ1) is 9.78. The van der Waals surface area contributed by atoms with E-state index in [2.05, 4.69) is 41.7 Å². The maximum atomic E-state index is 6.13. The zero-order chi connectivity index (χ0) is 13.9. The van der Waals surface area contributed by atoms with Crippen molar-refractivity contribution in [3.8, 4) is 11.1 Å². The largest absolute Gasteiger partial charge is 0.316 e. The second-order valence-electron chi connectivity index (χ2n) is 5.59. The summed E-state index contributed by atoms with van der Waals surface area (Å²) >= 11 is 6.13. The minimum absolute atomic E-state index is 0.773. The van der Waals surface area contributed by atoms with E-state index >= 15 is 0 Å². The molecule has 2 heteroatoms. The number of hydrogen-bond donors (Lipinski definition) is 1. The smallest absolute Gasteiger partial charge is 0.0409 e. The molecule has 1 saturated carbocycles. The molecule has 0 heterocycles. The average Bonchev–Trinajstić information content (AvgIpc) is 2.37. The highest BCUT2D eigenvalue weighted by molar-refractivity contribution is 6.30. The van der Waals surface area contributed by atoms with Crippen LogP contribution < -0.4 is 5.32 Å². The van der Waals surface area contributed by atoms with Crippen molar-refractivity contribution in [3.63, 3.8) is 0 Å². The SMILES string of the molecule is CNCc1cc(Cl)ccc1-c1cccc(C2CCC2)c1. The van der Waals surface area contributed by atoms with E-state index in [1.54, 1.807) is 0 Å². The molecule has 0 spiro atoms. The van der Waals surface area contributed by atoms with Crippen molar-refractivity contribution in [1.29, 1.82) is 0 Å². The summed E-state index contributed by atoms with van der Waals surface area (Å²) < 4.78 is 0. The summed E-state index contributed by atoms with van der Waals surface area (Å²) in [6, 6.07) is 15.2. The summed E-state index contributed by atoms with van der Waals surface area (Å²) in [5.74, 6) is 0.773. The van der Waals surface area contributed by atoms with Crippen molar-refractivity contribution in [2.45, 2.75) is 31.7 Å². The van der Waals surface area contributed by atoms with Gasteiger partial charge < -0.3 is 5.32 Å². The molecule has 0 unspecified atom stereocenters. The number of hydrogen-bond acceptors (Lipinski definition) is 1. The maximum Gasteiger partial charge on any atom is 0.0409 e. The molecule has 0 amide bonds. The Kier molecular flexibility index (Phi) is 4.09. The van der Waals surface area contributed by atoms with Crippen LogP contribution in [0.3, 0.4) is 0 Å². The van der Waals surface area contributed by atoms with E-state index in [1.165, 1.54) is 41.5 Å². The molecule has 1 aliphatic rings. The molecule has 0 radical (unpaired) electrons. The molecule has 1 aliphatic carbocycles. The third-order valence-corrected chi connectivity index (χ3v) is 4.44. The van der Waals surface area contributed by atoms with Gasteiger partial charge in [0.2, 0.25) is 0 Å². The van der Waals surface area contributed by atoms with Crippen molar-refractivity contribution >= 4 is 11.6 Å². The van der Waals surface area contributed by atoms with Gasteiger partial charge in [-0.2, -0.15) is 0 Å². The minimum Gasteiger partial charge on any atom is -0.316 e. The maximum absolute atomic E-state index is 6.13. The van der Waals surface area contributed by atoms with Gasteiger partial charge in [0.05, 0.1) is 0 Å². The molecule has 1 fully saturated rings. The molecule has 0 saturated heterocycles. The van der Waals surface area contributed by atoms with Crippen molar-refractivity contribution in [2.24, 2.45) is 0 Å². The molecule has 2 aromatic rings. The standard InChI is InChI=1S/C18H20ClN/c1-20-12-16-11-17(19)8-9-18(16)15-7-3-6-14(10-15)13-4-2-5-13/h3,6-11,13,20H,2,4-5,12H2,1H3. The molecule has 0 bridgehead atoms. The van der Waals surface area contributed by atoms with Crippen molar-refractivity contribution in [3.05, 3.63) is 58.6 Å². The number of benzene rings is 2. The number of nitrogens with one attached hydrogen (secondary N) is 1. The molecule has 0 atom stereocenters. The zero-order valence-electron chi connectivity index (χ0n) is 11.8. The van der Waals surface area contributed by atoms with Gasteiger partial charge >= 0.3 is 0 Å². The van der Waals surface area contributed by atoms with E-state index in [0.29, 0.717) is 0 Å². The fraction of sp³-hybridized carbons (Fsp3) is 0.333. The van der Waals surface area contributed by atoms with E-state index in [4.69, 9.17) is 11.6 Å². The first-order valence-corrected chi connectivity index (χ1v) is 7.69. The highest BCUT2D eigenvalue weighted by Gasteiger charge is 2.19. The lowest BCUT2D eigenvalue weighted by atomic mass is 9.79. The van der Waals surface area contributed by atoms with Gasteiger partial charge in [-0.05, 0) is 60.2 Å². The van der Waals surface area contributed by atoms with E-state index in [9.17, 15) is 0 Å². The van der Waals surface area contributed by atoms with E-state index in [-0.39, 0.29) is 0 Å². The fourth-order valence-corrected chi connectivity index (χ4v) is 3.08. The average molecular weight is 286 g/mol. The molecule has 1 nitrogen and oxygen atoms in total. The Balaban J connectivity index is 1.99. The summed E-state index contributed by atoms with van der Waals surface area (Å²) in [5, 5.41) is 4.02. The predicted molar refractivity (Wildman–Crippen MR) is 86.2 cm³/mol. The van der Waals surface area contributed by atoms with Gasteiger partial charge in [0.15, 0.2) is 0 Å². The van der Waals surface area contributed by atoms with Crippen LogP contribution in [0.15, 0.2) is 42.5 Å². The van der Waals surface area contributed by atoms with Crippen LogP contribution in [0.2, 0.25) is 5.02 Å². The van der Waals surface area contributed by atoms with Crippen LogP contribution in [0.5, 0.6) is 0 Å². The number of halogens is 1. The van der Waals surface area contributed by atoms with Gasteiger partial charge in [0, 0.05) is 11.6 Å². The molecular weight excluding hydrogens is 266 g/mol. The second-order valence-corrected chi connectivity index (χ2v) is 6.02. The third kappa shape index (κ3) is 2.74. The molecule has 0 aliphatic heterocycles. The first kappa shape index (κ1) is 13.7. The van der Waals surface area contributed by atoms with Crippen molar-refractivity contribution in [2.75, 3.05) is 7.05 Å². The summed E-state index contributed by atoms with van der Waals surface area (Å²) in [6.07, 6.45) is 4.06. The Morgan fingerprint density at radius 2 is 2.00 bits per heavy atom. The van der Waals surface area contributed by atoms with Gasteiger partial charge in [-0.1, -0.05) is 48.4 Å². The van der Waals surface area contributed by atoms with Crippen LogP contribution in [0.25, 0.3) is 11.1 Å². The third-order valence-electron chi connectivity index (χ3n) is 4.21. The van der Waals surface area contributed by atoms with Gasteiger partial charge in [0.25, 0.3) is 0 Å². The van der Waals surface area contributed by atoms with Crippen molar-refractivity contribution in [1.82, 2.24) is 5.32 Å². The molecular formula is C18H20ClN. The summed E-state index contributed by atoms with van der Waals surface area (Å²) in [7, 11) is 1.97. The highest BCUT2D eigenvalue weighted by atomic mass is 35.5. The predicted octanol–water partition coefficient (Wildman–Crippen LogP) is 4.99. The topological polar surface area (TPSA) is 12.0 Å². The van der Waals surface area contributed by atoms with Crippen LogP contribution >= 0.6 is 11.6 Å². The Morgan fingerprint density at radius 1 is 1.15 bits per heavy atom. The van der Waals surface area contributed by atoms with Gasteiger partial charge in [0.1, 0.15) is 0 Å². The molecule has 104 valence electrons. The van der Waals surface area contributed by atoms with Gasteiger partial charge in [-0.3, -0.25) is 0 Å². The van der Waals surface area contributed by atoms with E-state index in [0.717, 1.165) is 17.5 Å². The monoisotopic (exact) mass is 285 g/mol. The normalized spacial score (nSPS) is 15.1. The lowest BCUT2D eigenvalue weighted by Gasteiger charge is -2.26.